The van der Waals surface area contributed by atoms with E-state index in [1.54, 1.807) is 7.05 Å². The van der Waals surface area contributed by atoms with E-state index in [0.717, 1.165) is 6.42 Å². The minimum Gasteiger partial charge on any atom is -0.268 e. The quantitative estimate of drug-likeness (QED) is 0.455. The molecule has 0 bridgehead atoms. The lowest BCUT2D eigenvalue weighted by Crippen LogP contribution is -2.28. The lowest BCUT2D eigenvalue weighted by Gasteiger charge is -2.18. The highest BCUT2D eigenvalue weighted by atomic mass is 16.7. The topological polar surface area (TPSA) is 29.5 Å². The number of hydrogen-bond donors (Lipinski definition) is 0. The maximum Gasteiger partial charge on any atom is 0.269 e. The standard InChI is InChI=1S/C8H15NO2/c1-5-7(3)11-9(4)8(10)6-2/h6-7H,2,5H2,1,3-4H3. The molecule has 0 saturated carbocycles. The van der Waals surface area contributed by atoms with Crippen LogP contribution in [0.2, 0.25) is 0 Å². The molecule has 3 nitrogen and oxygen atoms in total. The summed E-state index contributed by atoms with van der Waals surface area (Å²) in [6.45, 7) is 7.25. The van der Waals surface area contributed by atoms with Crippen LogP contribution >= 0.6 is 0 Å². The monoisotopic (exact) mass is 157 g/mol. The first-order chi connectivity index (χ1) is 5.11. The van der Waals surface area contributed by atoms with Crippen LogP contribution in [0.5, 0.6) is 0 Å². The van der Waals surface area contributed by atoms with E-state index >= 15 is 0 Å². The molecule has 0 spiro atoms. The van der Waals surface area contributed by atoms with Crippen molar-refractivity contribution in [3.63, 3.8) is 0 Å². The number of hydroxylamine groups is 2. The molecule has 0 heterocycles. The second kappa shape index (κ2) is 4.91. The van der Waals surface area contributed by atoms with Gasteiger partial charge in [-0.3, -0.25) is 9.63 Å². The second-order valence-electron chi connectivity index (χ2n) is 2.36. The number of amides is 1. The Morgan fingerprint density at radius 3 is 2.73 bits per heavy atom. The molecule has 0 aromatic carbocycles. The van der Waals surface area contributed by atoms with Crippen molar-refractivity contribution in [2.45, 2.75) is 26.4 Å². The van der Waals surface area contributed by atoms with Crippen LogP contribution in [0.15, 0.2) is 12.7 Å². The van der Waals surface area contributed by atoms with Gasteiger partial charge in [-0.25, -0.2) is 5.06 Å². The van der Waals surface area contributed by atoms with Crippen LogP contribution in [0, 0.1) is 0 Å². The molecule has 11 heavy (non-hydrogen) atoms. The van der Waals surface area contributed by atoms with Gasteiger partial charge in [0.25, 0.3) is 5.91 Å². The van der Waals surface area contributed by atoms with Crippen molar-refractivity contribution in [1.82, 2.24) is 5.06 Å². The van der Waals surface area contributed by atoms with Crippen LogP contribution in [0.25, 0.3) is 0 Å². The molecule has 0 radical (unpaired) electrons. The Kier molecular flexibility index (Phi) is 4.54. The minimum atomic E-state index is -0.217. The fourth-order valence-electron chi connectivity index (χ4n) is 0.525. The van der Waals surface area contributed by atoms with Crippen LogP contribution < -0.4 is 0 Å². The van der Waals surface area contributed by atoms with Crippen LogP contribution in [0.3, 0.4) is 0 Å². The average Bonchev–Trinajstić information content (AvgIpc) is 2.02. The van der Waals surface area contributed by atoms with Gasteiger partial charge in [0.05, 0.1) is 6.10 Å². The number of carbonyl (C=O) groups is 1. The Bertz CT molecular complexity index is 145. The maximum absolute atomic E-state index is 10.8. The predicted octanol–water partition coefficient (Wildman–Crippen LogP) is 1.36. The Hall–Kier alpha value is -0.830. The smallest absolute Gasteiger partial charge is 0.268 e. The Morgan fingerprint density at radius 1 is 1.82 bits per heavy atom. The summed E-state index contributed by atoms with van der Waals surface area (Å²) < 4.78 is 0. The van der Waals surface area contributed by atoms with Crippen LogP contribution in [-0.4, -0.2) is 24.1 Å². The molecule has 0 aliphatic carbocycles. The summed E-state index contributed by atoms with van der Waals surface area (Å²) in [5.41, 5.74) is 0. The third kappa shape index (κ3) is 3.78. The molecule has 1 unspecified atom stereocenters. The van der Waals surface area contributed by atoms with Crippen molar-refractivity contribution >= 4 is 5.91 Å². The van der Waals surface area contributed by atoms with E-state index in [1.807, 2.05) is 13.8 Å². The summed E-state index contributed by atoms with van der Waals surface area (Å²) in [5.74, 6) is -0.217. The van der Waals surface area contributed by atoms with Gasteiger partial charge in [0.15, 0.2) is 0 Å². The largest absolute Gasteiger partial charge is 0.269 e. The van der Waals surface area contributed by atoms with E-state index in [9.17, 15) is 4.79 Å². The molecular weight excluding hydrogens is 142 g/mol. The lowest BCUT2D eigenvalue weighted by atomic mass is 10.3. The molecule has 1 amide bonds. The number of carbonyl (C=O) groups excluding carboxylic acids is 1. The third-order valence-corrected chi connectivity index (χ3v) is 1.40. The van der Waals surface area contributed by atoms with Crippen molar-refractivity contribution in [1.29, 1.82) is 0 Å². The van der Waals surface area contributed by atoms with Crippen LogP contribution in [0.4, 0.5) is 0 Å². The van der Waals surface area contributed by atoms with Gasteiger partial charge in [-0.1, -0.05) is 13.5 Å². The van der Waals surface area contributed by atoms with Gasteiger partial charge in [0.1, 0.15) is 0 Å². The lowest BCUT2D eigenvalue weighted by molar-refractivity contribution is -0.189. The Balaban J connectivity index is 3.76. The molecule has 0 rings (SSSR count). The number of hydrogen-bond acceptors (Lipinski definition) is 2. The van der Waals surface area contributed by atoms with E-state index in [4.69, 9.17) is 4.84 Å². The molecule has 64 valence electrons. The first-order valence-electron chi connectivity index (χ1n) is 3.68. The molecule has 0 saturated heterocycles. The number of likely N-dealkylation sites (N-methyl/N-ethyl adjacent to an activating group) is 1. The first-order valence-corrected chi connectivity index (χ1v) is 3.68. The molecule has 0 aliphatic rings. The Morgan fingerprint density at radius 2 is 2.36 bits per heavy atom. The zero-order valence-corrected chi connectivity index (χ0v) is 7.33. The van der Waals surface area contributed by atoms with E-state index in [-0.39, 0.29) is 12.0 Å². The van der Waals surface area contributed by atoms with Gasteiger partial charge in [-0.2, -0.15) is 0 Å². The minimum absolute atomic E-state index is 0.0731. The Labute approximate surface area is 67.6 Å². The molecule has 0 aromatic rings. The van der Waals surface area contributed by atoms with Crippen LogP contribution in [0.1, 0.15) is 20.3 Å². The summed E-state index contributed by atoms with van der Waals surface area (Å²) in [4.78, 5) is 16.0. The molecule has 3 heteroatoms. The highest BCUT2D eigenvalue weighted by Gasteiger charge is 2.07. The molecule has 0 aliphatic heterocycles. The fraction of sp³-hybridized carbons (Fsp3) is 0.625. The summed E-state index contributed by atoms with van der Waals surface area (Å²) in [6.07, 6.45) is 2.18. The van der Waals surface area contributed by atoms with E-state index in [2.05, 4.69) is 6.58 Å². The zero-order valence-electron chi connectivity index (χ0n) is 7.33. The summed E-state index contributed by atoms with van der Waals surface area (Å²) >= 11 is 0. The van der Waals surface area contributed by atoms with Crippen molar-refractivity contribution < 1.29 is 9.63 Å². The van der Waals surface area contributed by atoms with Crippen molar-refractivity contribution in [3.05, 3.63) is 12.7 Å². The van der Waals surface area contributed by atoms with Crippen molar-refractivity contribution in [2.24, 2.45) is 0 Å². The molecular formula is C8H15NO2. The van der Waals surface area contributed by atoms with Crippen LogP contribution in [-0.2, 0) is 9.63 Å². The van der Waals surface area contributed by atoms with E-state index in [1.165, 1.54) is 11.1 Å². The summed E-state index contributed by atoms with van der Waals surface area (Å²) in [6, 6.07) is 0. The molecule has 0 fully saturated rings. The zero-order chi connectivity index (χ0) is 8.85. The SMILES string of the molecule is C=CC(=O)N(C)OC(C)CC. The summed E-state index contributed by atoms with van der Waals surface area (Å²) in [7, 11) is 1.58. The highest BCUT2D eigenvalue weighted by Crippen LogP contribution is 1.99. The first kappa shape index (κ1) is 10.2. The van der Waals surface area contributed by atoms with Gasteiger partial charge in [0, 0.05) is 7.05 Å². The maximum atomic E-state index is 10.8. The van der Waals surface area contributed by atoms with Gasteiger partial charge < -0.3 is 0 Å². The molecule has 0 N–H and O–H groups in total. The summed E-state index contributed by atoms with van der Waals surface area (Å²) in [5, 5.41) is 1.20. The normalized spacial score (nSPS) is 12.3. The predicted molar refractivity (Wildman–Crippen MR) is 43.8 cm³/mol. The van der Waals surface area contributed by atoms with Crippen molar-refractivity contribution in [3.8, 4) is 0 Å². The van der Waals surface area contributed by atoms with Gasteiger partial charge in [-0.15, -0.1) is 0 Å². The number of rotatable bonds is 4. The molecule has 0 aromatic heterocycles. The van der Waals surface area contributed by atoms with Gasteiger partial charge in [0.2, 0.25) is 0 Å². The van der Waals surface area contributed by atoms with Gasteiger partial charge >= 0.3 is 0 Å². The fourth-order valence-corrected chi connectivity index (χ4v) is 0.525. The second-order valence-corrected chi connectivity index (χ2v) is 2.36. The van der Waals surface area contributed by atoms with E-state index in [0.29, 0.717) is 0 Å². The number of nitrogens with zero attached hydrogens (tertiary/aromatic N) is 1. The van der Waals surface area contributed by atoms with Gasteiger partial charge in [-0.05, 0) is 19.4 Å². The molecule has 1 atom stereocenters. The van der Waals surface area contributed by atoms with Crippen molar-refractivity contribution in [2.75, 3.05) is 7.05 Å². The van der Waals surface area contributed by atoms with E-state index < -0.39 is 0 Å². The third-order valence-electron chi connectivity index (χ3n) is 1.40. The highest BCUT2D eigenvalue weighted by molar-refractivity contribution is 5.85. The average molecular weight is 157 g/mol.